The highest BCUT2D eigenvalue weighted by Crippen LogP contribution is 2.34. The Bertz CT molecular complexity index is 671. The fourth-order valence-electron chi connectivity index (χ4n) is 2.74. The van der Waals surface area contributed by atoms with Crippen LogP contribution in [-0.4, -0.2) is 37.0 Å². The lowest BCUT2D eigenvalue weighted by atomic mass is 10.1. The monoisotopic (exact) mass is 294 g/mol. The van der Waals surface area contributed by atoms with Gasteiger partial charge in [-0.25, -0.2) is 0 Å². The summed E-state index contributed by atoms with van der Waals surface area (Å²) in [5.41, 5.74) is 1.99. The first-order valence-electron chi connectivity index (χ1n) is 6.68. The van der Waals surface area contributed by atoms with Gasteiger partial charge in [-0.1, -0.05) is 0 Å². The first-order chi connectivity index (χ1) is 9.74. The van der Waals surface area contributed by atoms with Gasteiger partial charge in [0.05, 0.1) is 37.9 Å². The number of hydrogen-bond acceptors (Lipinski definition) is 4. The van der Waals surface area contributed by atoms with E-state index < -0.39 is 0 Å². The molecule has 0 aliphatic carbocycles. The molecule has 1 aliphatic rings. The number of benzene rings is 1. The lowest BCUT2D eigenvalue weighted by Gasteiger charge is -2.24. The second-order valence-corrected chi connectivity index (χ2v) is 5.28. The lowest BCUT2D eigenvalue weighted by molar-refractivity contribution is 0.0600. The van der Waals surface area contributed by atoms with Gasteiger partial charge in [0.1, 0.15) is 0 Å². The molecule has 108 valence electrons. The van der Waals surface area contributed by atoms with Gasteiger partial charge >= 0.3 is 0 Å². The van der Waals surface area contributed by atoms with Gasteiger partial charge in [-0.05, 0) is 25.1 Å². The molecule has 1 atom stereocenters. The number of methoxy groups -OCH3 is 2. The maximum Gasteiger partial charge on any atom is 0.178 e. The molecule has 3 rings (SSSR count). The van der Waals surface area contributed by atoms with Crippen molar-refractivity contribution in [3.05, 3.63) is 16.9 Å². The maximum absolute atomic E-state index is 5.57. The Labute approximate surface area is 122 Å². The quantitative estimate of drug-likeness (QED) is 0.884. The van der Waals surface area contributed by atoms with Gasteiger partial charge in [-0.15, -0.1) is 0 Å². The molecule has 0 bridgehead atoms. The molecule has 1 aromatic heterocycles. The number of hydrogen-bond donors (Lipinski definition) is 1. The molecule has 2 heterocycles. The Balaban J connectivity index is 2.16. The first-order valence-corrected chi connectivity index (χ1v) is 7.09. The lowest BCUT2D eigenvalue weighted by Crippen LogP contribution is -2.21. The molecule has 2 aromatic rings. The molecule has 1 fully saturated rings. The smallest absolute Gasteiger partial charge is 0.178 e. The predicted molar refractivity (Wildman–Crippen MR) is 79.3 cm³/mol. The summed E-state index contributed by atoms with van der Waals surface area (Å²) in [5, 5.41) is 0. The third kappa shape index (κ3) is 2.19. The van der Waals surface area contributed by atoms with Crippen LogP contribution in [0, 0.1) is 4.77 Å². The summed E-state index contributed by atoms with van der Waals surface area (Å²) in [6.07, 6.45) is 2.14. The van der Waals surface area contributed by atoms with Gasteiger partial charge in [0, 0.05) is 18.7 Å². The molecule has 0 radical (unpaired) electrons. The second kappa shape index (κ2) is 5.46. The molecule has 1 aliphatic heterocycles. The Morgan fingerprint density at radius 1 is 1.30 bits per heavy atom. The van der Waals surface area contributed by atoms with E-state index in [0.717, 1.165) is 30.5 Å². The van der Waals surface area contributed by atoms with E-state index in [1.54, 1.807) is 14.2 Å². The van der Waals surface area contributed by atoms with Crippen LogP contribution >= 0.6 is 12.2 Å². The number of H-pyrrole nitrogens is 1. The summed E-state index contributed by atoms with van der Waals surface area (Å²) in [7, 11) is 3.27. The van der Waals surface area contributed by atoms with Crippen molar-refractivity contribution in [1.29, 1.82) is 0 Å². The third-order valence-corrected chi connectivity index (χ3v) is 4.02. The van der Waals surface area contributed by atoms with E-state index in [4.69, 9.17) is 26.4 Å². The molecule has 1 saturated heterocycles. The van der Waals surface area contributed by atoms with Crippen LogP contribution in [0.15, 0.2) is 12.1 Å². The fourth-order valence-corrected chi connectivity index (χ4v) is 3.10. The average Bonchev–Trinajstić information content (AvgIpc) is 2.81. The third-order valence-electron chi connectivity index (χ3n) is 3.72. The number of aromatic amines is 1. The minimum absolute atomic E-state index is 0.281. The van der Waals surface area contributed by atoms with Crippen LogP contribution in [0.4, 0.5) is 0 Å². The molecular formula is C14H18N2O3S. The number of fused-ring (bicyclic) bond motifs is 1. The van der Waals surface area contributed by atoms with Crippen molar-refractivity contribution in [2.24, 2.45) is 0 Å². The van der Waals surface area contributed by atoms with Crippen molar-refractivity contribution >= 4 is 23.3 Å². The van der Waals surface area contributed by atoms with E-state index >= 15 is 0 Å². The van der Waals surface area contributed by atoms with E-state index in [0.29, 0.717) is 22.9 Å². The highest BCUT2D eigenvalue weighted by Gasteiger charge is 2.20. The average molecular weight is 294 g/mol. The van der Waals surface area contributed by atoms with Crippen molar-refractivity contribution in [3.8, 4) is 11.5 Å². The van der Waals surface area contributed by atoms with Gasteiger partial charge in [0.15, 0.2) is 16.3 Å². The van der Waals surface area contributed by atoms with Gasteiger partial charge in [-0.3, -0.25) is 0 Å². The van der Waals surface area contributed by atoms with Gasteiger partial charge in [0.2, 0.25) is 0 Å². The highest BCUT2D eigenvalue weighted by atomic mass is 32.1. The van der Waals surface area contributed by atoms with Gasteiger partial charge < -0.3 is 23.8 Å². The van der Waals surface area contributed by atoms with E-state index in [1.807, 2.05) is 12.1 Å². The Kier molecular flexibility index (Phi) is 3.67. The molecule has 5 nitrogen and oxygen atoms in total. The SMILES string of the molecule is COc1cc2[nH]c(=S)n(C3CCCOC3)c2cc1OC. The topological polar surface area (TPSA) is 48.4 Å². The minimum atomic E-state index is 0.281. The molecule has 1 N–H and O–H groups in total. The van der Waals surface area contributed by atoms with Crippen LogP contribution in [-0.2, 0) is 4.74 Å². The van der Waals surface area contributed by atoms with Gasteiger partial charge in [0.25, 0.3) is 0 Å². The second-order valence-electron chi connectivity index (χ2n) is 4.90. The molecule has 1 aromatic carbocycles. The first kappa shape index (κ1) is 13.5. The summed E-state index contributed by atoms with van der Waals surface area (Å²) in [6.45, 7) is 1.54. The number of rotatable bonds is 3. The maximum atomic E-state index is 5.57. The number of imidazole rings is 1. The molecular weight excluding hydrogens is 276 g/mol. The van der Waals surface area contributed by atoms with Crippen LogP contribution in [0.1, 0.15) is 18.9 Å². The summed E-state index contributed by atoms with van der Waals surface area (Å²) in [6, 6.07) is 4.17. The number of nitrogens with one attached hydrogen (secondary N) is 1. The predicted octanol–water partition coefficient (Wildman–Crippen LogP) is 3.07. The molecule has 6 heteroatoms. The van der Waals surface area contributed by atoms with Crippen molar-refractivity contribution in [2.75, 3.05) is 27.4 Å². The Morgan fingerprint density at radius 2 is 2.05 bits per heavy atom. The highest BCUT2D eigenvalue weighted by molar-refractivity contribution is 7.71. The van der Waals surface area contributed by atoms with Crippen molar-refractivity contribution < 1.29 is 14.2 Å². The normalized spacial score (nSPS) is 19.2. The standard InChI is InChI=1S/C14H18N2O3S/c1-17-12-6-10-11(7-13(12)18-2)16(14(20)15-10)9-4-3-5-19-8-9/h6-7,9H,3-5,8H2,1-2H3,(H,15,20). The Morgan fingerprint density at radius 3 is 2.70 bits per heavy atom. The van der Waals surface area contributed by atoms with Crippen LogP contribution in [0.3, 0.4) is 0 Å². The zero-order valence-electron chi connectivity index (χ0n) is 11.6. The molecule has 1 unspecified atom stereocenters. The van der Waals surface area contributed by atoms with Crippen LogP contribution in [0.5, 0.6) is 11.5 Å². The molecule has 0 amide bonds. The zero-order valence-corrected chi connectivity index (χ0v) is 12.5. The van der Waals surface area contributed by atoms with Gasteiger partial charge in [-0.2, -0.15) is 0 Å². The molecule has 0 spiro atoms. The molecule has 20 heavy (non-hydrogen) atoms. The Hall–Kier alpha value is -1.53. The van der Waals surface area contributed by atoms with Crippen molar-refractivity contribution in [1.82, 2.24) is 9.55 Å². The fraction of sp³-hybridized carbons (Fsp3) is 0.500. The largest absolute Gasteiger partial charge is 0.493 e. The van der Waals surface area contributed by atoms with Crippen LogP contribution in [0.2, 0.25) is 0 Å². The van der Waals surface area contributed by atoms with Crippen LogP contribution in [0.25, 0.3) is 11.0 Å². The van der Waals surface area contributed by atoms with E-state index in [1.165, 1.54) is 0 Å². The van der Waals surface area contributed by atoms with E-state index in [2.05, 4.69) is 9.55 Å². The molecule has 0 saturated carbocycles. The van der Waals surface area contributed by atoms with E-state index in [9.17, 15) is 0 Å². The summed E-state index contributed by atoms with van der Waals surface area (Å²) < 4.78 is 19.1. The number of aromatic nitrogens is 2. The zero-order chi connectivity index (χ0) is 14.1. The summed E-state index contributed by atoms with van der Waals surface area (Å²) >= 11 is 5.46. The van der Waals surface area contributed by atoms with E-state index in [-0.39, 0.29) is 6.04 Å². The van der Waals surface area contributed by atoms with Crippen molar-refractivity contribution in [2.45, 2.75) is 18.9 Å². The van der Waals surface area contributed by atoms with Crippen LogP contribution < -0.4 is 9.47 Å². The number of ether oxygens (including phenoxy) is 3. The minimum Gasteiger partial charge on any atom is -0.493 e. The summed E-state index contributed by atoms with van der Waals surface area (Å²) in [5.74, 6) is 1.41. The summed E-state index contributed by atoms with van der Waals surface area (Å²) in [4.78, 5) is 3.24. The van der Waals surface area contributed by atoms with Crippen molar-refractivity contribution in [3.63, 3.8) is 0 Å². The number of nitrogens with zero attached hydrogens (tertiary/aromatic N) is 1.